The van der Waals surface area contributed by atoms with Crippen LogP contribution in [0.5, 0.6) is 17.2 Å². The van der Waals surface area contributed by atoms with Crippen molar-refractivity contribution in [2.24, 2.45) is 0 Å². The Morgan fingerprint density at radius 1 is 0.939 bits per heavy atom. The van der Waals surface area contributed by atoms with Crippen LogP contribution >= 0.6 is 23.2 Å². The second kappa shape index (κ2) is 11.4. The molecule has 8 nitrogen and oxygen atoms in total. The quantitative estimate of drug-likeness (QED) is 0.562. The summed E-state index contributed by atoms with van der Waals surface area (Å²) in [6.45, 7) is 0.707. The van der Waals surface area contributed by atoms with Gasteiger partial charge in [0, 0.05) is 23.5 Å². The fourth-order valence-electron chi connectivity index (χ4n) is 3.81. The summed E-state index contributed by atoms with van der Waals surface area (Å²) >= 11 is 12.0. The molecule has 0 saturated carbocycles. The van der Waals surface area contributed by atoms with E-state index in [1.807, 2.05) is 4.90 Å². The molecule has 1 unspecified atom stereocenters. The minimum atomic E-state index is -0.432. The van der Waals surface area contributed by atoms with Crippen LogP contribution in [-0.2, 0) is 9.59 Å². The Labute approximate surface area is 203 Å². The Bertz CT molecular complexity index is 993. The van der Waals surface area contributed by atoms with Crippen molar-refractivity contribution in [2.45, 2.75) is 25.3 Å². The van der Waals surface area contributed by atoms with Crippen LogP contribution in [0.3, 0.4) is 0 Å². The van der Waals surface area contributed by atoms with Gasteiger partial charge in [-0.25, -0.2) is 0 Å². The molecule has 1 heterocycles. The first-order valence-electron chi connectivity index (χ1n) is 10.5. The smallest absolute Gasteiger partial charge is 0.241 e. The number of ether oxygens (including phenoxy) is 3. The van der Waals surface area contributed by atoms with Crippen molar-refractivity contribution in [1.82, 2.24) is 4.90 Å². The molecule has 2 aromatic rings. The Kier molecular flexibility index (Phi) is 8.66. The molecule has 2 aromatic carbocycles. The molecule has 0 bridgehead atoms. The van der Waals surface area contributed by atoms with E-state index in [4.69, 9.17) is 37.4 Å². The molecule has 0 radical (unpaired) electrons. The standard InChI is InChI=1S/C23H27Cl2N3O5/c1-31-19-11-15(12-20(32-2)22(19)33-3)26-21(29)13-28-9-5-4-6-18(28)23(30)27-14-7-8-16(24)17(25)10-14/h7-8,10-12,18H,4-6,9,13H2,1-3H3,(H,26,29)(H,27,30). The van der Waals surface area contributed by atoms with Gasteiger partial charge < -0.3 is 24.8 Å². The Morgan fingerprint density at radius 2 is 1.64 bits per heavy atom. The summed E-state index contributed by atoms with van der Waals surface area (Å²) in [6, 6.07) is 7.80. The minimum Gasteiger partial charge on any atom is -0.493 e. The molecule has 178 valence electrons. The van der Waals surface area contributed by atoms with Crippen molar-refractivity contribution in [2.75, 3.05) is 45.1 Å². The highest BCUT2D eigenvalue weighted by molar-refractivity contribution is 6.42. The zero-order chi connectivity index (χ0) is 24.0. The number of benzene rings is 2. The first-order valence-corrected chi connectivity index (χ1v) is 11.2. The molecule has 1 atom stereocenters. The topological polar surface area (TPSA) is 89.1 Å². The molecule has 10 heteroatoms. The zero-order valence-electron chi connectivity index (χ0n) is 18.7. The van der Waals surface area contributed by atoms with E-state index in [2.05, 4.69) is 10.6 Å². The number of halogens is 2. The van der Waals surface area contributed by atoms with Crippen molar-refractivity contribution < 1.29 is 23.8 Å². The van der Waals surface area contributed by atoms with Crippen molar-refractivity contribution in [1.29, 1.82) is 0 Å². The lowest BCUT2D eigenvalue weighted by molar-refractivity contribution is -0.124. The van der Waals surface area contributed by atoms with Gasteiger partial charge in [0.05, 0.1) is 44.0 Å². The summed E-state index contributed by atoms with van der Waals surface area (Å²) in [7, 11) is 4.53. The van der Waals surface area contributed by atoms with E-state index in [0.717, 1.165) is 12.8 Å². The van der Waals surface area contributed by atoms with Crippen LogP contribution < -0.4 is 24.8 Å². The highest BCUT2D eigenvalue weighted by Gasteiger charge is 2.30. The van der Waals surface area contributed by atoms with Crippen molar-refractivity contribution >= 4 is 46.4 Å². The number of carbonyl (C=O) groups is 2. The van der Waals surface area contributed by atoms with Crippen LogP contribution in [0.4, 0.5) is 11.4 Å². The average molecular weight is 496 g/mol. The van der Waals surface area contributed by atoms with E-state index in [-0.39, 0.29) is 18.4 Å². The maximum Gasteiger partial charge on any atom is 0.241 e. The number of likely N-dealkylation sites (tertiary alicyclic amines) is 1. The summed E-state index contributed by atoms with van der Waals surface area (Å²) in [4.78, 5) is 27.6. The highest BCUT2D eigenvalue weighted by atomic mass is 35.5. The van der Waals surface area contributed by atoms with E-state index in [1.165, 1.54) is 21.3 Å². The van der Waals surface area contributed by atoms with Gasteiger partial charge in [0.1, 0.15) is 0 Å². The van der Waals surface area contributed by atoms with Crippen molar-refractivity contribution in [3.63, 3.8) is 0 Å². The van der Waals surface area contributed by atoms with Gasteiger partial charge in [-0.3, -0.25) is 14.5 Å². The van der Waals surface area contributed by atoms with Gasteiger partial charge in [0.2, 0.25) is 17.6 Å². The number of nitrogens with one attached hydrogen (secondary N) is 2. The molecule has 0 aliphatic carbocycles. The summed E-state index contributed by atoms with van der Waals surface area (Å²) in [5.74, 6) is 0.869. The monoisotopic (exact) mass is 495 g/mol. The highest BCUT2D eigenvalue weighted by Crippen LogP contribution is 2.40. The van der Waals surface area contributed by atoms with Gasteiger partial charge in [0.25, 0.3) is 0 Å². The van der Waals surface area contributed by atoms with Crippen LogP contribution in [0, 0.1) is 0 Å². The molecular formula is C23H27Cl2N3O5. The lowest BCUT2D eigenvalue weighted by atomic mass is 10.0. The number of hydrogen-bond acceptors (Lipinski definition) is 6. The van der Waals surface area contributed by atoms with Gasteiger partial charge in [-0.1, -0.05) is 29.6 Å². The van der Waals surface area contributed by atoms with Crippen LogP contribution in [0.1, 0.15) is 19.3 Å². The van der Waals surface area contributed by atoms with Crippen LogP contribution in [-0.4, -0.2) is 57.2 Å². The van der Waals surface area contributed by atoms with E-state index >= 15 is 0 Å². The van der Waals surface area contributed by atoms with Gasteiger partial charge >= 0.3 is 0 Å². The fourth-order valence-corrected chi connectivity index (χ4v) is 4.11. The van der Waals surface area contributed by atoms with Gasteiger partial charge in [-0.15, -0.1) is 0 Å². The molecule has 2 N–H and O–H groups in total. The second-order valence-corrected chi connectivity index (χ2v) is 8.38. The van der Waals surface area contributed by atoms with E-state index in [0.29, 0.717) is 51.6 Å². The number of rotatable bonds is 8. The number of nitrogens with zero attached hydrogens (tertiary/aromatic N) is 1. The maximum atomic E-state index is 12.9. The SMILES string of the molecule is COc1cc(NC(=O)CN2CCCCC2C(=O)Nc2ccc(Cl)c(Cl)c2)cc(OC)c1OC. The molecule has 1 fully saturated rings. The molecule has 1 aliphatic heterocycles. The van der Waals surface area contributed by atoms with Crippen molar-refractivity contribution in [3.05, 3.63) is 40.4 Å². The average Bonchev–Trinajstić information content (AvgIpc) is 2.80. The summed E-state index contributed by atoms with van der Waals surface area (Å²) < 4.78 is 16.0. The summed E-state index contributed by atoms with van der Waals surface area (Å²) in [5.41, 5.74) is 1.06. The number of methoxy groups -OCH3 is 3. The summed E-state index contributed by atoms with van der Waals surface area (Å²) in [5, 5.41) is 6.50. The lowest BCUT2D eigenvalue weighted by Gasteiger charge is -2.34. The molecule has 1 aliphatic rings. The molecule has 2 amide bonds. The van der Waals surface area contributed by atoms with Crippen LogP contribution in [0.15, 0.2) is 30.3 Å². The third-order valence-corrected chi connectivity index (χ3v) is 6.14. The molecule has 33 heavy (non-hydrogen) atoms. The number of hydrogen-bond donors (Lipinski definition) is 2. The predicted octanol–water partition coefficient (Wildman–Crippen LogP) is 4.45. The van der Waals surface area contributed by atoms with E-state index < -0.39 is 6.04 Å². The molecular weight excluding hydrogens is 469 g/mol. The van der Waals surface area contributed by atoms with Gasteiger partial charge in [-0.05, 0) is 37.6 Å². The number of piperidine rings is 1. The third-order valence-electron chi connectivity index (χ3n) is 5.40. The molecule has 3 rings (SSSR count). The Morgan fingerprint density at radius 3 is 2.24 bits per heavy atom. The first-order chi connectivity index (χ1) is 15.9. The van der Waals surface area contributed by atoms with Crippen molar-refractivity contribution in [3.8, 4) is 17.2 Å². The second-order valence-electron chi connectivity index (χ2n) is 7.56. The zero-order valence-corrected chi connectivity index (χ0v) is 20.3. The van der Waals surface area contributed by atoms with E-state index in [1.54, 1.807) is 30.3 Å². The first kappa shape index (κ1) is 25.0. The number of amides is 2. The van der Waals surface area contributed by atoms with Crippen LogP contribution in [0.25, 0.3) is 0 Å². The third kappa shape index (κ3) is 6.22. The van der Waals surface area contributed by atoms with Gasteiger partial charge in [0.15, 0.2) is 11.5 Å². The normalized spacial score (nSPS) is 16.1. The Hall–Kier alpha value is -2.68. The molecule has 0 aromatic heterocycles. The lowest BCUT2D eigenvalue weighted by Crippen LogP contribution is -2.49. The van der Waals surface area contributed by atoms with Gasteiger partial charge in [-0.2, -0.15) is 0 Å². The van der Waals surface area contributed by atoms with Crippen LogP contribution in [0.2, 0.25) is 10.0 Å². The molecule has 0 spiro atoms. The Balaban J connectivity index is 1.68. The molecule has 1 saturated heterocycles. The minimum absolute atomic E-state index is 0.0656. The van der Waals surface area contributed by atoms with E-state index in [9.17, 15) is 9.59 Å². The summed E-state index contributed by atoms with van der Waals surface area (Å²) in [6.07, 6.45) is 2.48. The fraction of sp³-hybridized carbons (Fsp3) is 0.391. The number of anilines is 2. The largest absolute Gasteiger partial charge is 0.493 e. The number of carbonyl (C=O) groups excluding carboxylic acids is 2. The predicted molar refractivity (Wildman–Crippen MR) is 129 cm³/mol. The maximum absolute atomic E-state index is 12.9.